The molecule has 3 atom stereocenters. The number of methoxy groups -OCH3 is 1. The molecule has 0 spiro atoms. The highest BCUT2D eigenvalue weighted by atomic mass is 19.1. The van der Waals surface area contributed by atoms with Crippen LogP contribution in [-0.2, 0) is 19.4 Å². The molecule has 4 N–H and O–H groups in total. The van der Waals surface area contributed by atoms with Gasteiger partial charge < -0.3 is 25.5 Å². The Bertz CT molecular complexity index is 1500. The molecule has 0 unspecified atom stereocenters. The second-order valence-electron chi connectivity index (χ2n) is 11.0. The van der Waals surface area contributed by atoms with Crippen LogP contribution in [0.5, 0.6) is 0 Å². The second-order valence-corrected chi connectivity index (χ2v) is 11.0. The van der Waals surface area contributed by atoms with Crippen molar-refractivity contribution in [3.05, 3.63) is 60.3 Å². The topological polar surface area (TPSA) is 158 Å². The fraction of sp³-hybridized carbons (Fsp3) is 0.400. The van der Waals surface area contributed by atoms with Gasteiger partial charge in [-0.1, -0.05) is 38.1 Å². The van der Waals surface area contributed by atoms with E-state index >= 15 is 4.39 Å². The number of hydrogen-bond acceptors (Lipinski definition) is 8. The normalized spacial score (nSPS) is 18.8. The fourth-order valence-corrected chi connectivity index (χ4v) is 5.31. The Balaban J connectivity index is 1.18. The summed E-state index contributed by atoms with van der Waals surface area (Å²) >= 11 is 0. The minimum Gasteiger partial charge on any atom is -0.465 e. The summed E-state index contributed by atoms with van der Waals surface area (Å²) in [5.41, 5.74) is 3.10. The van der Waals surface area contributed by atoms with E-state index in [-0.39, 0.29) is 31.0 Å². The first-order valence-corrected chi connectivity index (χ1v) is 14.3. The number of ether oxygens (including phenoxy) is 1. The van der Waals surface area contributed by atoms with Gasteiger partial charge in [-0.25, -0.2) is 28.9 Å². The Hall–Kier alpha value is -4.69. The third-order valence-electron chi connectivity index (χ3n) is 7.71. The lowest BCUT2D eigenvalue weighted by Crippen LogP contribution is -2.51. The lowest BCUT2D eigenvalue weighted by Gasteiger charge is -2.21. The van der Waals surface area contributed by atoms with E-state index < -0.39 is 30.1 Å². The van der Waals surface area contributed by atoms with Crippen molar-refractivity contribution >= 4 is 23.8 Å². The van der Waals surface area contributed by atoms with Gasteiger partial charge in [0.15, 0.2) is 0 Å². The van der Waals surface area contributed by atoms with Gasteiger partial charge in [-0.05, 0) is 42.0 Å². The number of nitrogens with one attached hydrogen (secondary N) is 3. The first kappa shape index (κ1) is 30.8. The molecule has 5 rings (SSSR count). The molecule has 0 aliphatic carbocycles. The molecule has 0 saturated carbocycles. The largest absolute Gasteiger partial charge is 0.465 e. The number of hydrogen-bond donors (Lipinski definition) is 4. The fourth-order valence-electron chi connectivity index (χ4n) is 5.31. The zero-order valence-corrected chi connectivity index (χ0v) is 24.6. The Morgan fingerprint density at radius 1 is 1.18 bits per heavy atom. The van der Waals surface area contributed by atoms with Crippen LogP contribution in [0.2, 0.25) is 0 Å². The highest BCUT2D eigenvalue weighted by Gasteiger charge is 2.32. The average molecular weight is 611 g/mol. The Kier molecular flexibility index (Phi) is 9.30. The summed E-state index contributed by atoms with van der Waals surface area (Å²) in [6.07, 6.45) is 1.00. The SMILES string of the molecule is COC(=O)N[C@H](C(=O)NC[C@H]1CN(c2ccc(-c3ccc(-c4cnc([C@@H]5CCCN5C(=O)O)[nH]4)cc3)c(F)c2)OO1)C(C)C. The van der Waals surface area contributed by atoms with E-state index in [9.17, 15) is 19.5 Å². The first-order valence-electron chi connectivity index (χ1n) is 14.3. The first-order chi connectivity index (χ1) is 21.1. The number of anilines is 1. The summed E-state index contributed by atoms with van der Waals surface area (Å²) in [4.78, 5) is 55.3. The van der Waals surface area contributed by atoms with Crippen LogP contribution in [0.15, 0.2) is 48.7 Å². The molecule has 2 aromatic carbocycles. The number of likely N-dealkylation sites (tertiary alicyclic amines) is 1. The number of halogens is 1. The van der Waals surface area contributed by atoms with E-state index in [1.54, 1.807) is 44.3 Å². The van der Waals surface area contributed by atoms with Gasteiger partial charge in [0.1, 0.15) is 23.8 Å². The molecule has 1 aromatic heterocycles. The van der Waals surface area contributed by atoms with Crippen molar-refractivity contribution in [3.63, 3.8) is 0 Å². The number of nitrogens with zero attached hydrogens (tertiary/aromatic N) is 3. The number of imidazole rings is 1. The molecular weight excluding hydrogens is 575 g/mol. The van der Waals surface area contributed by atoms with Crippen molar-refractivity contribution in [2.45, 2.75) is 44.9 Å². The van der Waals surface area contributed by atoms with Gasteiger partial charge in [-0.2, -0.15) is 0 Å². The Labute approximate surface area is 253 Å². The summed E-state index contributed by atoms with van der Waals surface area (Å²) < 4.78 is 19.8. The number of alkyl carbamates (subject to hydrolysis) is 1. The molecule has 3 heterocycles. The molecule has 2 saturated heterocycles. The molecule has 44 heavy (non-hydrogen) atoms. The van der Waals surface area contributed by atoms with Gasteiger partial charge >= 0.3 is 12.2 Å². The predicted octanol–water partition coefficient (Wildman–Crippen LogP) is 4.25. The number of benzene rings is 2. The van der Waals surface area contributed by atoms with Gasteiger partial charge in [-0.15, -0.1) is 4.99 Å². The minimum absolute atomic E-state index is 0.116. The molecule has 13 nitrogen and oxygen atoms in total. The van der Waals surface area contributed by atoms with E-state index in [2.05, 4.69) is 25.3 Å². The molecule has 14 heteroatoms. The van der Waals surface area contributed by atoms with Crippen molar-refractivity contribution in [2.24, 2.45) is 5.92 Å². The average Bonchev–Trinajstić information content (AvgIpc) is 3.79. The lowest BCUT2D eigenvalue weighted by molar-refractivity contribution is -0.281. The number of aromatic nitrogens is 2. The molecule has 234 valence electrons. The highest BCUT2D eigenvalue weighted by molar-refractivity contribution is 5.85. The lowest BCUT2D eigenvalue weighted by atomic mass is 10.0. The van der Waals surface area contributed by atoms with Gasteiger partial charge in [0.05, 0.1) is 37.3 Å². The van der Waals surface area contributed by atoms with E-state index in [4.69, 9.17) is 9.88 Å². The summed E-state index contributed by atoms with van der Waals surface area (Å²) in [7, 11) is 1.22. The number of carboxylic acid groups (broad SMARTS) is 1. The zero-order valence-electron chi connectivity index (χ0n) is 24.6. The van der Waals surface area contributed by atoms with Crippen LogP contribution in [0.25, 0.3) is 22.4 Å². The Morgan fingerprint density at radius 2 is 1.93 bits per heavy atom. The van der Waals surface area contributed by atoms with E-state index in [0.717, 1.165) is 17.7 Å². The molecule has 0 radical (unpaired) electrons. The Morgan fingerprint density at radius 3 is 2.61 bits per heavy atom. The van der Waals surface area contributed by atoms with Crippen LogP contribution in [0.4, 0.5) is 19.7 Å². The molecule has 2 aliphatic rings. The molecule has 3 aromatic rings. The number of hydroxylamine groups is 1. The van der Waals surface area contributed by atoms with E-state index in [1.165, 1.54) is 23.1 Å². The van der Waals surface area contributed by atoms with Crippen LogP contribution in [0, 0.1) is 11.7 Å². The number of carbonyl (C=O) groups is 3. The monoisotopic (exact) mass is 610 g/mol. The minimum atomic E-state index is -0.957. The standard InChI is InChI=1S/C30H35FN6O7/c1-17(2)26(35-29(39)42-3)28(38)33-14-21-16-37(44-43-21)20-10-11-22(23(31)13-20)18-6-8-19(9-7-18)24-15-32-27(34-24)25-5-4-12-36(25)30(40)41/h6-11,13,15,17,21,25-26H,4-5,12,14,16H2,1-3H3,(H,32,34)(H,33,38)(H,35,39)(H,40,41)/t21-,25-,26-/m0/s1. The molecule has 3 amide bonds. The van der Waals surface area contributed by atoms with Crippen LogP contribution in [-0.4, -0.2) is 77.0 Å². The maximum atomic E-state index is 15.2. The highest BCUT2D eigenvalue weighted by Crippen LogP contribution is 2.33. The van der Waals surface area contributed by atoms with Gasteiger partial charge in [-0.3, -0.25) is 9.69 Å². The number of aromatic amines is 1. The quantitative estimate of drug-likeness (QED) is 0.260. The van der Waals surface area contributed by atoms with E-state index in [0.29, 0.717) is 35.6 Å². The molecule has 2 fully saturated rings. The second kappa shape index (κ2) is 13.3. The van der Waals surface area contributed by atoms with Crippen LogP contribution >= 0.6 is 0 Å². The smallest absolute Gasteiger partial charge is 0.407 e. The van der Waals surface area contributed by atoms with Crippen LogP contribution < -0.4 is 15.7 Å². The third-order valence-corrected chi connectivity index (χ3v) is 7.71. The van der Waals surface area contributed by atoms with Gasteiger partial charge in [0.25, 0.3) is 0 Å². The van der Waals surface area contributed by atoms with Crippen molar-refractivity contribution in [1.29, 1.82) is 0 Å². The van der Waals surface area contributed by atoms with Gasteiger partial charge in [0.2, 0.25) is 5.91 Å². The molecule has 0 bridgehead atoms. The molecular formula is C30H35FN6O7. The van der Waals surface area contributed by atoms with Crippen LogP contribution in [0.3, 0.4) is 0 Å². The third kappa shape index (κ3) is 6.76. The predicted molar refractivity (Wildman–Crippen MR) is 157 cm³/mol. The van der Waals surface area contributed by atoms with Gasteiger partial charge in [0, 0.05) is 24.7 Å². The molecule has 2 aliphatic heterocycles. The maximum absolute atomic E-state index is 15.2. The number of carbonyl (C=O) groups excluding carboxylic acids is 2. The van der Waals surface area contributed by atoms with Crippen molar-refractivity contribution in [3.8, 4) is 22.4 Å². The summed E-state index contributed by atoms with van der Waals surface area (Å²) in [6.45, 7) is 4.44. The summed E-state index contributed by atoms with van der Waals surface area (Å²) in [5, 5.41) is 16.1. The van der Waals surface area contributed by atoms with Crippen molar-refractivity contribution in [2.75, 3.05) is 31.8 Å². The van der Waals surface area contributed by atoms with Crippen molar-refractivity contribution < 1.29 is 38.5 Å². The summed E-state index contributed by atoms with van der Waals surface area (Å²) in [6, 6.07) is 11.0. The number of amides is 3. The number of rotatable bonds is 9. The maximum Gasteiger partial charge on any atom is 0.407 e. The summed E-state index contributed by atoms with van der Waals surface area (Å²) in [5.74, 6) is -0.405. The van der Waals surface area contributed by atoms with E-state index in [1.807, 2.05) is 12.1 Å². The number of H-pyrrole nitrogens is 1. The zero-order chi connectivity index (χ0) is 31.4. The van der Waals surface area contributed by atoms with Crippen LogP contribution in [0.1, 0.15) is 38.6 Å². The van der Waals surface area contributed by atoms with Crippen molar-refractivity contribution in [1.82, 2.24) is 25.5 Å².